The van der Waals surface area contributed by atoms with E-state index in [2.05, 4.69) is 21.8 Å². The maximum absolute atomic E-state index is 5.34. The van der Waals surface area contributed by atoms with Crippen LogP contribution in [0.4, 0.5) is 0 Å². The van der Waals surface area contributed by atoms with Crippen molar-refractivity contribution in [2.45, 2.75) is 12.1 Å². The maximum atomic E-state index is 5.34. The van der Waals surface area contributed by atoms with E-state index in [9.17, 15) is 0 Å². The van der Waals surface area contributed by atoms with Gasteiger partial charge in [-0.2, -0.15) is 4.98 Å². The van der Waals surface area contributed by atoms with Crippen LogP contribution in [0.2, 0.25) is 0 Å². The molecule has 2 N–H and O–H groups in total. The Hall–Kier alpha value is -1.25. The molecule has 1 heterocycles. The second-order valence-corrected chi connectivity index (χ2v) is 3.45. The lowest BCUT2D eigenvalue weighted by Gasteiger charge is -2.03. The molecule has 80 valence electrons. The highest BCUT2D eigenvalue weighted by Gasteiger charge is 2.00. The van der Waals surface area contributed by atoms with E-state index >= 15 is 0 Å². The molecule has 0 aliphatic heterocycles. The van der Waals surface area contributed by atoms with Gasteiger partial charge in [-0.15, -0.1) is 0 Å². The lowest BCUT2D eigenvalue weighted by Crippen LogP contribution is -2.00. The SMILES string of the molecule is CSc1nc(C)cc(OCC#CCN)n1. The summed E-state index contributed by atoms with van der Waals surface area (Å²) < 4.78 is 5.34. The topological polar surface area (TPSA) is 61.0 Å². The van der Waals surface area contributed by atoms with E-state index in [1.807, 2.05) is 13.2 Å². The molecule has 4 nitrogen and oxygen atoms in total. The summed E-state index contributed by atoms with van der Waals surface area (Å²) in [6.07, 6.45) is 1.92. The van der Waals surface area contributed by atoms with Gasteiger partial charge in [-0.25, -0.2) is 4.98 Å². The van der Waals surface area contributed by atoms with Crippen molar-refractivity contribution in [1.29, 1.82) is 0 Å². The molecule has 0 amide bonds. The first-order valence-electron chi connectivity index (χ1n) is 4.44. The fraction of sp³-hybridized carbons (Fsp3) is 0.400. The third kappa shape index (κ3) is 4.19. The Labute approximate surface area is 93.6 Å². The van der Waals surface area contributed by atoms with Gasteiger partial charge in [0, 0.05) is 11.8 Å². The van der Waals surface area contributed by atoms with E-state index in [-0.39, 0.29) is 0 Å². The minimum Gasteiger partial charge on any atom is -0.464 e. The van der Waals surface area contributed by atoms with Gasteiger partial charge in [0.05, 0.1) is 6.54 Å². The minimum absolute atomic E-state index is 0.307. The Bertz CT molecular complexity index is 384. The minimum atomic E-state index is 0.307. The van der Waals surface area contributed by atoms with Crippen molar-refractivity contribution < 1.29 is 4.74 Å². The van der Waals surface area contributed by atoms with Crippen LogP contribution in [0.5, 0.6) is 5.88 Å². The molecule has 5 heteroatoms. The van der Waals surface area contributed by atoms with Gasteiger partial charge in [-0.05, 0) is 13.2 Å². The summed E-state index contributed by atoms with van der Waals surface area (Å²) in [5.41, 5.74) is 6.10. The molecule has 1 rings (SSSR count). The van der Waals surface area contributed by atoms with E-state index < -0.39 is 0 Å². The van der Waals surface area contributed by atoms with Crippen molar-refractivity contribution in [1.82, 2.24) is 9.97 Å². The number of hydrogen-bond donors (Lipinski definition) is 1. The van der Waals surface area contributed by atoms with Crippen molar-refractivity contribution in [3.8, 4) is 17.7 Å². The molecule has 0 saturated heterocycles. The molecule has 0 spiro atoms. The lowest BCUT2D eigenvalue weighted by atomic mass is 10.4. The fourth-order valence-corrected chi connectivity index (χ4v) is 1.33. The fourth-order valence-electron chi connectivity index (χ4n) is 0.912. The van der Waals surface area contributed by atoms with Gasteiger partial charge < -0.3 is 10.5 Å². The van der Waals surface area contributed by atoms with Crippen LogP contribution < -0.4 is 10.5 Å². The summed E-state index contributed by atoms with van der Waals surface area (Å²) in [7, 11) is 0. The molecule has 0 atom stereocenters. The molecule has 0 unspecified atom stereocenters. The molecule has 1 aromatic rings. The summed E-state index contributed by atoms with van der Waals surface area (Å²) in [5.74, 6) is 6.05. The van der Waals surface area contributed by atoms with Crippen LogP contribution in [-0.4, -0.2) is 29.4 Å². The van der Waals surface area contributed by atoms with Crippen molar-refractivity contribution in [2.24, 2.45) is 5.73 Å². The molecule has 0 aromatic carbocycles. The van der Waals surface area contributed by atoms with Crippen LogP contribution in [0.25, 0.3) is 0 Å². The number of hydrogen-bond acceptors (Lipinski definition) is 5. The van der Waals surface area contributed by atoms with Crippen molar-refractivity contribution in [3.05, 3.63) is 11.8 Å². The number of nitrogens with two attached hydrogens (primary N) is 1. The first-order chi connectivity index (χ1) is 7.26. The number of ether oxygens (including phenoxy) is 1. The first kappa shape index (κ1) is 11.8. The summed E-state index contributed by atoms with van der Waals surface area (Å²) in [6.45, 7) is 2.56. The highest BCUT2D eigenvalue weighted by atomic mass is 32.2. The molecule has 0 bridgehead atoms. The summed E-state index contributed by atoms with van der Waals surface area (Å²) in [5, 5.41) is 0.705. The van der Waals surface area contributed by atoms with Crippen LogP contribution in [-0.2, 0) is 0 Å². The van der Waals surface area contributed by atoms with E-state index in [4.69, 9.17) is 10.5 Å². The molecule has 0 saturated carbocycles. The predicted molar refractivity (Wildman–Crippen MR) is 60.9 cm³/mol. The van der Waals surface area contributed by atoms with Gasteiger partial charge >= 0.3 is 0 Å². The van der Waals surface area contributed by atoms with Gasteiger partial charge in [-0.1, -0.05) is 23.6 Å². The molecule has 0 aliphatic carbocycles. The molecule has 15 heavy (non-hydrogen) atoms. The maximum Gasteiger partial charge on any atom is 0.218 e. The van der Waals surface area contributed by atoms with E-state index in [1.165, 1.54) is 11.8 Å². The third-order valence-electron chi connectivity index (χ3n) is 1.51. The van der Waals surface area contributed by atoms with E-state index in [1.54, 1.807) is 6.07 Å². The Morgan fingerprint density at radius 1 is 1.47 bits per heavy atom. The number of thioether (sulfide) groups is 1. The molecular formula is C10H13N3OS. The van der Waals surface area contributed by atoms with Gasteiger partial charge in [-0.3, -0.25) is 0 Å². The number of nitrogens with zero attached hydrogens (tertiary/aromatic N) is 2. The number of aromatic nitrogens is 2. The summed E-state index contributed by atoms with van der Waals surface area (Å²) in [4.78, 5) is 8.39. The van der Waals surface area contributed by atoms with Crippen molar-refractivity contribution >= 4 is 11.8 Å². The first-order valence-corrected chi connectivity index (χ1v) is 5.67. The Morgan fingerprint density at radius 2 is 2.27 bits per heavy atom. The smallest absolute Gasteiger partial charge is 0.218 e. The zero-order valence-corrected chi connectivity index (χ0v) is 9.60. The number of aryl methyl sites for hydroxylation is 1. The van der Waals surface area contributed by atoms with Gasteiger partial charge in [0.15, 0.2) is 11.8 Å². The number of rotatable bonds is 3. The quantitative estimate of drug-likeness (QED) is 0.467. The van der Waals surface area contributed by atoms with Gasteiger partial charge in [0.2, 0.25) is 5.88 Å². The van der Waals surface area contributed by atoms with Crippen molar-refractivity contribution in [3.63, 3.8) is 0 Å². The Morgan fingerprint density at radius 3 is 2.93 bits per heavy atom. The standard InChI is InChI=1S/C10H13N3OS/c1-8-7-9(13-10(12-8)15-2)14-6-4-3-5-11/h7H,5-6,11H2,1-2H3. The highest BCUT2D eigenvalue weighted by molar-refractivity contribution is 7.98. The van der Waals surface area contributed by atoms with E-state index in [0.717, 1.165) is 5.69 Å². The molecular weight excluding hydrogens is 210 g/mol. The zero-order valence-electron chi connectivity index (χ0n) is 8.78. The van der Waals surface area contributed by atoms with Gasteiger partial charge in [0.1, 0.15) is 0 Å². The Balaban J connectivity index is 2.64. The van der Waals surface area contributed by atoms with Crippen LogP contribution >= 0.6 is 11.8 Å². The van der Waals surface area contributed by atoms with Crippen LogP contribution in [0.15, 0.2) is 11.2 Å². The third-order valence-corrected chi connectivity index (χ3v) is 2.06. The molecule has 1 aromatic heterocycles. The Kier molecular flexibility index (Phi) is 4.95. The highest BCUT2D eigenvalue weighted by Crippen LogP contribution is 2.14. The van der Waals surface area contributed by atoms with Crippen LogP contribution in [0, 0.1) is 18.8 Å². The second-order valence-electron chi connectivity index (χ2n) is 2.68. The van der Waals surface area contributed by atoms with Gasteiger partial charge in [0.25, 0.3) is 0 Å². The molecule has 0 radical (unpaired) electrons. The van der Waals surface area contributed by atoms with Crippen LogP contribution in [0.3, 0.4) is 0 Å². The average Bonchev–Trinajstić information content (AvgIpc) is 2.23. The summed E-state index contributed by atoms with van der Waals surface area (Å²) in [6, 6.07) is 1.78. The van der Waals surface area contributed by atoms with Crippen LogP contribution in [0.1, 0.15) is 5.69 Å². The zero-order chi connectivity index (χ0) is 11.1. The normalized spacial score (nSPS) is 9.27. The molecule has 0 aliphatic rings. The van der Waals surface area contributed by atoms with E-state index in [0.29, 0.717) is 24.2 Å². The second kappa shape index (κ2) is 6.27. The summed E-state index contributed by atoms with van der Waals surface area (Å²) >= 11 is 1.48. The average molecular weight is 223 g/mol. The predicted octanol–water partition coefficient (Wildman–Crippen LogP) is 0.848. The van der Waals surface area contributed by atoms with Crippen molar-refractivity contribution in [2.75, 3.05) is 19.4 Å². The monoisotopic (exact) mass is 223 g/mol. The molecule has 0 fully saturated rings. The lowest BCUT2D eigenvalue weighted by molar-refractivity contribution is 0.350. The largest absolute Gasteiger partial charge is 0.464 e.